The molecule has 3 aromatic carbocycles. The molecule has 5 nitrogen and oxygen atoms in total. The van der Waals surface area contributed by atoms with Gasteiger partial charge in [-0.05, 0) is 24.3 Å². The first-order valence-corrected chi connectivity index (χ1v) is 8.44. The van der Waals surface area contributed by atoms with Crippen LogP contribution in [0.25, 0.3) is 11.3 Å². The molecule has 0 bridgehead atoms. The van der Waals surface area contributed by atoms with Gasteiger partial charge in [0.1, 0.15) is 23.3 Å². The van der Waals surface area contributed by atoms with Gasteiger partial charge in [0.15, 0.2) is 5.75 Å². The van der Waals surface area contributed by atoms with Crippen LogP contribution in [0, 0.1) is 0 Å². The summed E-state index contributed by atoms with van der Waals surface area (Å²) in [6, 6.07) is 26.1. The Hall–Kier alpha value is -3.86. The molecule has 0 atom stereocenters. The van der Waals surface area contributed by atoms with Gasteiger partial charge in [0, 0.05) is 5.56 Å². The van der Waals surface area contributed by atoms with Crippen molar-refractivity contribution < 1.29 is 14.1 Å². The van der Waals surface area contributed by atoms with E-state index < -0.39 is 0 Å². The highest BCUT2D eigenvalue weighted by Crippen LogP contribution is 2.30. The summed E-state index contributed by atoms with van der Waals surface area (Å²) in [6.45, 7) is 0. The fourth-order valence-corrected chi connectivity index (χ4v) is 2.67. The van der Waals surface area contributed by atoms with Gasteiger partial charge in [-0.3, -0.25) is 4.79 Å². The van der Waals surface area contributed by atoms with Crippen LogP contribution in [-0.2, 0) is 0 Å². The first kappa shape index (κ1) is 16.6. The third-order valence-corrected chi connectivity index (χ3v) is 3.97. The van der Waals surface area contributed by atoms with E-state index in [0.29, 0.717) is 28.4 Å². The minimum atomic E-state index is -0.320. The van der Waals surface area contributed by atoms with Gasteiger partial charge < -0.3 is 14.6 Å². The van der Waals surface area contributed by atoms with Crippen molar-refractivity contribution in [3.63, 3.8) is 0 Å². The Kier molecular flexibility index (Phi) is 4.66. The molecule has 4 rings (SSSR count). The van der Waals surface area contributed by atoms with Gasteiger partial charge in [0.25, 0.3) is 5.91 Å². The lowest BCUT2D eigenvalue weighted by atomic mass is 10.1. The molecule has 0 saturated heterocycles. The topological polar surface area (TPSA) is 64.4 Å². The smallest absolute Gasteiger partial charge is 0.261 e. The fraction of sp³-hybridized carbons (Fsp3) is 0. The molecule has 27 heavy (non-hydrogen) atoms. The van der Waals surface area contributed by atoms with Crippen molar-refractivity contribution in [2.75, 3.05) is 5.32 Å². The molecule has 1 heterocycles. The second kappa shape index (κ2) is 7.58. The lowest BCUT2D eigenvalue weighted by Gasteiger charge is -2.12. The van der Waals surface area contributed by atoms with Crippen molar-refractivity contribution in [2.24, 2.45) is 0 Å². The molecule has 4 aromatic rings. The molecule has 0 aliphatic rings. The second-order valence-corrected chi connectivity index (χ2v) is 5.81. The Morgan fingerprint density at radius 3 is 2.30 bits per heavy atom. The Morgan fingerprint density at radius 2 is 1.52 bits per heavy atom. The van der Waals surface area contributed by atoms with Crippen LogP contribution >= 0.6 is 0 Å². The lowest BCUT2D eigenvalue weighted by molar-refractivity contribution is 0.102. The maximum Gasteiger partial charge on any atom is 0.261 e. The van der Waals surface area contributed by atoms with E-state index in [1.54, 1.807) is 12.1 Å². The van der Waals surface area contributed by atoms with Crippen molar-refractivity contribution in [3.05, 3.63) is 96.8 Å². The van der Waals surface area contributed by atoms with E-state index in [9.17, 15) is 4.79 Å². The van der Waals surface area contributed by atoms with E-state index >= 15 is 0 Å². The SMILES string of the molecule is O=C(Nc1ccccc1Oc1ccccc1)c1conc1-c1ccccc1. The summed E-state index contributed by atoms with van der Waals surface area (Å²) in [6.07, 6.45) is 1.35. The molecule has 5 heteroatoms. The minimum absolute atomic E-state index is 0.320. The molecule has 1 aromatic heterocycles. The number of ether oxygens (including phenoxy) is 1. The van der Waals surface area contributed by atoms with Crippen LogP contribution in [0.1, 0.15) is 10.4 Å². The average Bonchev–Trinajstić information content (AvgIpc) is 3.21. The molecule has 0 aliphatic carbocycles. The summed E-state index contributed by atoms with van der Waals surface area (Å²) in [5.41, 5.74) is 2.22. The number of hydrogen-bond acceptors (Lipinski definition) is 4. The monoisotopic (exact) mass is 356 g/mol. The molecule has 0 radical (unpaired) electrons. The summed E-state index contributed by atoms with van der Waals surface area (Å²) < 4.78 is 10.9. The molecular formula is C22H16N2O3. The van der Waals surface area contributed by atoms with E-state index in [1.165, 1.54) is 6.26 Å². The van der Waals surface area contributed by atoms with Crippen LogP contribution in [0.5, 0.6) is 11.5 Å². The number of rotatable bonds is 5. The largest absolute Gasteiger partial charge is 0.455 e. The maximum atomic E-state index is 12.8. The number of benzene rings is 3. The van der Waals surface area contributed by atoms with Crippen LogP contribution in [0.3, 0.4) is 0 Å². The number of para-hydroxylation sites is 3. The van der Waals surface area contributed by atoms with Crippen molar-refractivity contribution in [1.82, 2.24) is 5.16 Å². The number of hydrogen-bond donors (Lipinski definition) is 1. The number of amides is 1. The Morgan fingerprint density at radius 1 is 0.852 bits per heavy atom. The Bertz CT molecular complexity index is 1040. The number of aromatic nitrogens is 1. The number of carbonyl (C=O) groups is 1. The van der Waals surface area contributed by atoms with Gasteiger partial charge in [-0.2, -0.15) is 0 Å². The summed E-state index contributed by atoms with van der Waals surface area (Å²) in [4.78, 5) is 12.8. The molecule has 0 saturated carbocycles. The second-order valence-electron chi connectivity index (χ2n) is 5.81. The third kappa shape index (κ3) is 3.72. The van der Waals surface area contributed by atoms with Crippen molar-refractivity contribution >= 4 is 11.6 Å². The summed E-state index contributed by atoms with van der Waals surface area (Å²) in [7, 11) is 0. The first-order chi connectivity index (χ1) is 13.3. The average molecular weight is 356 g/mol. The van der Waals surface area contributed by atoms with E-state index in [0.717, 1.165) is 5.56 Å². The van der Waals surface area contributed by atoms with E-state index in [-0.39, 0.29) is 5.91 Å². The van der Waals surface area contributed by atoms with Gasteiger partial charge in [0.05, 0.1) is 5.69 Å². The highest BCUT2D eigenvalue weighted by atomic mass is 16.5. The number of nitrogens with one attached hydrogen (secondary N) is 1. The molecule has 1 amide bonds. The molecular weight excluding hydrogens is 340 g/mol. The summed E-state index contributed by atoms with van der Waals surface area (Å²) in [5.74, 6) is 0.920. The van der Waals surface area contributed by atoms with Crippen LogP contribution in [0.15, 0.2) is 95.7 Å². The summed E-state index contributed by atoms with van der Waals surface area (Å²) in [5, 5.41) is 6.85. The van der Waals surface area contributed by atoms with Crippen LogP contribution in [0.4, 0.5) is 5.69 Å². The lowest BCUT2D eigenvalue weighted by Crippen LogP contribution is -2.12. The van der Waals surface area contributed by atoms with Crippen LogP contribution < -0.4 is 10.1 Å². The van der Waals surface area contributed by atoms with Crippen LogP contribution in [0.2, 0.25) is 0 Å². The quantitative estimate of drug-likeness (QED) is 0.521. The minimum Gasteiger partial charge on any atom is -0.455 e. The van der Waals surface area contributed by atoms with E-state index in [4.69, 9.17) is 9.26 Å². The molecule has 0 aliphatic heterocycles. The van der Waals surface area contributed by atoms with Gasteiger partial charge in [-0.15, -0.1) is 0 Å². The molecule has 1 N–H and O–H groups in total. The highest BCUT2D eigenvalue weighted by molar-refractivity contribution is 6.08. The predicted molar refractivity (Wildman–Crippen MR) is 103 cm³/mol. The van der Waals surface area contributed by atoms with Gasteiger partial charge in [0.2, 0.25) is 0 Å². The number of anilines is 1. The van der Waals surface area contributed by atoms with E-state index in [2.05, 4.69) is 10.5 Å². The normalized spacial score (nSPS) is 10.4. The molecule has 132 valence electrons. The fourth-order valence-electron chi connectivity index (χ4n) is 2.67. The van der Waals surface area contributed by atoms with E-state index in [1.807, 2.05) is 72.8 Å². The number of carbonyl (C=O) groups excluding carboxylic acids is 1. The third-order valence-electron chi connectivity index (χ3n) is 3.97. The Balaban J connectivity index is 1.59. The van der Waals surface area contributed by atoms with Crippen molar-refractivity contribution in [2.45, 2.75) is 0 Å². The molecule has 0 spiro atoms. The van der Waals surface area contributed by atoms with Crippen molar-refractivity contribution in [1.29, 1.82) is 0 Å². The zero-order chi connectivity index (χ0) is 18.5. The maximum absolute atomic E-state index is 12.8. The summed E-state index contributed by atoms with van der Waals surface area (Å²) >= 11 is 0. The van der Waals surface area contributed by atoms with Crippen molar-refractivity contribution in [3.8, 4) is 22.8 Å². The predicted octanol–water partition coefficient (Wildman–Crippen LogP) is 5.39. The molecule has 0 fully saturated rings. The Labute approximate surface area is 156 Å². The zero-order valence-corrected chi connectivity index (χ0v) is 14.3. The van der Waals surface area contributed by atoms with Gasteiger partial charge >= 0.3 is 0 Å². The first-order valence-electron chi connectivity index (χ1n) is 8.44. The standard InChI is InChI=1S/C22H16N2O3/c25-22(18-15-26-24-21(18)16-9-3-1-4-10-16)23-19-13-7-8-14-20(19)27-17-11-5-2-6-12-17/h1-15H,(H,23,25). The highest BCUT2D eigenvalue weighted by Gasteiger charge is 2.18. The molecule has 0 unspecified atom stereocenters. The van der Waals surface area contributed by atoms with Crippen LogP contribution in [-0.4, -0.2) is 11.1 Å². The van der Waals surface area contributed by atoms with Gasteiger partial charge in [-0.25, -0.2) is 0 Å². The number of nitrogens with zero attached hydrogens (tertiary/aromatic N) is 1. The van der Waals surface area contributed by atoms with Gasteiger partial charge in [-0.1, -0.05) is 65.8 Å². The zero-order valence-electron chi connectivity index (χ0n) is 14.3.